The van der Waals surface area contributed by atoms with Gasteiger partial charge in [0, 0.05) is 5.75 Å². The van der Waals surface area contributed by atoms with Crippen molar-refractivity contribution in [3.05, 3.63) is 95.6 Å². The lowest BCUT2D eigenvalue weighted by atomic mass is 10.1. The maximum absolute atomic E-state index is 12.6. The Bertz CT molecular complexity index is 974. The van der Waals surface area contributed by atoms with Gasteiger partial charge in [-0.25, -0.2) is 4.79 Å². The first kappa shape index (κ1) is 22.6. The Kier molecular flexibility index (Phi) is 7.46. The molecule has 162 valence electrons. The van der Waals surface area contributed by atoms with Crippen LogP contribution in [0.1, 0.15) is 16.7 Å². The monoisotopic (exact) mass is 448 g/mol. The average Bonchev–Trinajstić information content (AvgIpc) is 2.76. The molecule has 8 heteroatoms. The summed E-state index contributed by atoms with van der Waals surface area (Å²) >= 11 is 1.14. The topological polar surface area (TPSA) is 55.8 Å². The second kappa shape index (κ2) is 10.3. The van der Waals surface area contributed by atoms with Crippen LogP contribution < -0.4 is 9.47 Å². The number of para-hydroxylation sites is 1. The zero-order valence-electron chi connectivity index (χ0n) is 16.2. The van der Waals surface area contributed by atoms with Crippen molar-refractivity contribution in [2.45, 2.75) is 24.0 Å². The fourth-order valence-corrected chi connectivity index (χ4v) is 3.45. The standard InChI is InChI=1S/C23H19F3O4S/c24-23(25,26)18-10-6-16(7-11-18)14-29-19-12-8-17(9-13-19)15-31-22(21(27)28)30-20-4-2-1-3-5-20/h1-13,22H,14-15H2,(H,27,28). The van der Waals surface area contributed by atoms with E-state index < -0.39 is 23.1 Å². The van der Waals surface area contributed by atoms with E-state index in [1.54, 1.807) is 48.5 Å². The summed E-state index contributed by atoms with van der Waals surface area (Å²) in [6, 6.07) is 20.6. The van der Waals surface area contributed by atoms with E-state index in [0.717, 1.165) is 29.5 Å². The highest BCUT2D eigenvalue weighted by Crippen LogP contribution is 2.29. The van der Waals surface area contributed by atoms with Crippen molar-refractivity contribution in [3.8, 4) is 11.5 Å². The Balaban J connectivity index is 1.50. The van der Waals surface area contributed by atoms with Crippen LogP contribution in [-0.2, 0) is 23.3 Å². The summed E-state index contributed by atoms with van der Waals surface area (Å²) in [5, 5.41) is 9.37. The molecule has 1 N–H and O–H groups in total. The van der Waals surface area contributed by atoms with Crippen molar-refractivity contribution in [2.75, 3.05) is 0 Å². The van der Waals surface area contributed by atoms with Gasteiger partial charge < -0.3 is 14.6 Å². The van der Waals surface area contributed by atoms with Gasteiger partial charge in [-0.1, -0.05) is 42.5 Å². The van der Waals surface area contributed by atoms with E-state index in [1.165, 1.54) is 12.1 Å². The van der Waals surface area contributed by atoms with Gasteiger partial charge in [0.15, 0.2) is 0 Å². The minimum atomic E-state index is -4.36. The number of carboxylic acids is 1. The van der Waals surface area contributed by atoms with Crippen LogP contribution in [0.4, 0.5) is 13.2 Å². The Hall–Kier alpha value is -3.13. The smallest absolute Gasteiger partial charge is 0.416 e. The highest BCUT2D eigenvalue weighted by atomic mass is 32.2. The number of carboxylic acid groups (broad SMARTS) is 1. The Morgan fingerprint density at radius 2 is 1.48 bits per heavy atom. The van der Waals surface area contributed by atoms with Crippen LogP contribution in [0.2, 0.25) is 0 Å². The van der Waals surface area contributed by atoms with Crippen molar-refractivity contribution in [3.63, 3.8) is 0 Å². The normalized spacial score (nSPS) is 12.2. The van der Waals surface area contributed by atoms with Gasteiger partial charge >= 0.3 is 12.1 Å². The molecule has 1 atom stereocenters. The SMILES string of the molecule is O=C(O)C(Oc1ccccc1)SCc1ccc(OCc2ccc(C(F)(F)F)cc2)cc1. The largest absolute Gasteiger partial charge is 0.489 e. The zero-order valence-corrected chi connectivity index (χ0v) is 17.0. The first-order chi connectivity index (χ1) is 14.8. The van der Waals surface area contributed by atoms with Crippen LogP contribution >= 0.6 is 11.8 Å². The third kappa shape index (κ3) is 6.96. The number of alkyl halides is 3. The van der Waals surface area contributed by atoms with E-state index in [2.05, 4.69) is 0 Å². The molecule has 0 aromatic heterocycles. The van der Waals surface area contributed by atoms with Crippen LogP contribution in [-0.4, -0.2) is 16.5 Å². The predicted molar refractivity (Wildman–Crippen MR) is 112 cm³/mol. The average molecular weight is 448 g/mol. The van der Waals surface area contributed by atoms with Gasteiger partial charge in [0.25, 0.3) is 0 Å². The van der Waals surface area contributed by atoms with E-state index in [-0.39, 0.29) is 6.61 Å². The van der Waals surface area contributed by atoms with Crippen molar-refractivity contribution < 1.29 is 32.5 Å². The quantitative estimate of drug-likeness (QED) is 0.407. The molecule has 0 fully saturated rings. The lowest BCUT2D eigenvalue weighted by Gasteiger charge is -2.15. The van der Waals surface area contributed by atoms with E-state index >= 15 is 0 Å². The lowest BCUT2D eigenvalue weighted by molar-refractivity contribution is -0.141. The van der Waals surface area contributed by atoms with Gasteiger partial charge in [-0.2, -0.15) is 13.2 Å². The number of carbonyl (C=O) groups is 1. The molecule has 0 aliphatic heterocycles. The van der Waals surface area contributed by atoms with Crippen molar-refractivity contribution in [1.82, 2.24) is 0 Å². The number of ether oxygens (including phenoxy) is 2. The van der Waals surface area contributed by atoms with E-state index in [9.17, 15) is 23.1 Å². The molecule has 3 aromatic rings. The van der Waals surface area contributed by atoms with Gasteiger partial charge in [0.1, 0.15) is 18.1 Å². The minimum Gasteiger partial charge on any atom is -0.489 e. The van der Waals surface area contributed by atoms with Gasteiger partial charge in [-0.15, -0.1) is 11.8 Å². The number of halogens is 3. The summed E-state index contributed by atoms with van der Waals surface area (Å²) in [5.41, 5.74) is -0.239. The highest BCUT2D eigenvalue weighted by Gasteiger charge is 2.29. The molecule has 1 unspecified atom stereocenters. The molecular weight excluding hydrogens is 429 g/mol. The summed E-state index contributed by atoms with van der Waals surface area (Å²) in [5.74, 6) is 0.395. The molecule has 0 spiro atoms. The minimum absolute atomic E-state index is 0.137. The Labute approximate surface area is 181 Å². The fraction of sp³-hybridized carbons (Fsp3) is 0.174. The number of aliphatic carboxylic acids is 1. The second-order valence-electron chi connectivity index (χ2n) is 6.54. The van der Waals surface area contributed by atoms with Crippen LogP contribution in [0.3, 0.4) is 0 Å². The number of thioether (sulfide) groups is 1. The van der Waals surface area contributed by atoms with Crippen molar-refractivity contribution in [2.24, 2.45) is 0 Å². The fourth-order valence-electron chi connectivity index (χ4n) is 2.59. The zero-order chi connectivity index (χ0) is 22.3. The lowest BCUT2D eigenvalue weighted by Crippen LogP contribution is -2.23. The van der Waals surface area contributed by atoms with Gasteiger partial charge in [-0.05, 0) is 47.5 Å². The van der Waals surface area contributed by atoms with Crippen LogP contribution in [0.15, 0.2) is 78.9 Å². The Morgan fingerprint density at radius 1 is 0.871 bits per heavy atom. The third-order valence-electron chi connectivity index (χ3n) is 4.20. The molecule has 0 amide bonds. The molecule has 0 bridgehead atoms. The highest BCUT2D eigenvalue weighted by molar-refractivity contribution is 7.99. The summed E-state index contributed by atoms with van der Waals surface area (Å²) in [7, 11) is 0. The molecule has 3 aromatic carbocycles. The van der Waals surface area contributed by atoms with Gasteiger partial charge in [0.05, 0.1) is 5.56 Å². The maximum Gasteiger partial charge on any atom is 0.416 e. The molecule has 0 radical (unpaired) electrons. The second-order valence-corrected chi connectivity index (χ2v) is 7.59. The maximum atomic E-state index is 12.6. The number of hydrogen-bond donors (Lipinski definition) is 1. The molecule has 3 rings (SSSR count). The summed E-state index contributed by atoms with van der Waals surface area (Å²) in [6.07, 6.45) is -4.36. The molecule has 0 aliphatic carbocycles. The van der Waals surface area contributed by atoms with Crippen molar-refractivity contribution >= 4 is 17.7 Å². The number of benzene rings is 3. The predicted octanol–water partition coefficient (Wildman–Crippen LogP) is 6.01. The molecule has 4 nitrogen and oxygen atoms in total. The first-order valence-electron chi connectivity index (χ1n) is 9.25. The third-order valence-corrected chi connectivity index (χ3v) is 5.30. The van der Waals surface area contributed by atoms with E-state index in [1.807, 2.05) is 6.07 Å². The number of rotatable bonds is 9. The van der Waals surface area contributed by atoms with Crippen LogP contribution in [0, 0.1) is 0 Å². The molecular formula is C23H19F3O4S. The van der Waals surface area contributed by atoms with Crippen LogP contribution in [0.5, 0.6) is 11.5 Å². The van der Waals surface area contributed by atoms with Gasteiger partial charge in [0.2, 0.25) is 5.44 Å². The summed E-state index contributed by atoms with van der Waals surface area (Å²) in [4.78, 5) is 11.4. The van der Waals surface area contributed by atoms with Crippen molar-refractivity contribution in [1.29, 1.82) is 0 Å². The molecule has 0 saturated heterocycles. The summed E-state index contributed by atoms with van der Waals surface area (Å²) in [6.45, 7) is 0.137. The number of hydrogen-bond acceptors (Lipinski definition) is 4. The van der Waals surface area contributed by atoms with E-state index in [4.69, 9.17) is 9.47 Å². The van der Waals surface area contributed by atoms with Gasteiger partial charge in [-0.3, -0.25) is 0 Å². The Morgan fingerprint density at radius 3 is 2.06 bits per heavy atom. The van der Waals surface area contributed by atoms with E-state index in [0.29, 0.717) is 22.8 Å². The molecule has 0 saturated carbocycles. The van der Waals surface area contributed by atoms with Crippen LogP contribution in [0.25, 0.3) is 0 Å². The molecule has 31 heavy (non-hydrogen) atoms. The molecule has 0 heterocycles. The first-order valence-corrected chi connectivity index (χ1v) is 10.3. The summed E-state index contributed by atoms with van der Waals surface area (Å²) < 4.78 is 48.9. The molecule has 0 aliphatic rings.